The standard InChI is InChI=1S/C16H21F3N2O3/c1-11(20-15(23)21-8-2-3-13(22)9-21)12-4-6-14(7-5-12)24-10-16(17,18)19/h4-7,11,13,22H,2-3,8-10H2,1H3,(H,20,23). The molecule has 2 unspecified atom stereocenters. The van der Waals surface area contributed by atoms with Crippen LogP contribution in [0.2, 0.25) is 0 Å². The molecule has 2 atom stereocenters. The number of β-amino-alcohol motifs (C(OH)–C–C–N with tert-alkyl or cyclic N) is 1. The Morgan fingerprint density at radius 3 is 2.67 bits per heavy atom. The van der Waals surface area contributed by atoms with Gasteiger partial charge in [-0.15, -0.1) is 0 Å². The summed E-state index contributed by atoms with van der Waals surface area (Å²) in [6.45, 7) is 1.35. The predicted octanol–water partition coefficient (Wildman–Crippen LogP) is 2.86. The van der Waals surface area contributed by atoms with Gasteiger partial charge in [0.15, 0.2) is 6.61 Å². The largest absolute Gasteiger partial charge is 0.484 e. The van der Waals surface area contributed by atoms with Crippen molar-refractivity contribution in [2.24, 2.45) is 0 Å². The first-order chi connectivity index (χ1) is 11.2. The molecular weight excluding hydrogens is 325 g/mol. The van der Waals surface area contributed by atoms with Gasteiger partial charge in [0.25, 0.3) is 0 Å². The molecule has 0 aromatic heterocycles. The van der Waals surface area contributed by atoms with Crippen LogP contribution in [0, 0.1) is 0 Å². The van der Waals surface area contributed by atoms with E-state index in [1.54, 1.807) is 24.0 Å². The topological polar surface area (TPSA) is 61.8 Å². The summed E-state index contributed by atoms with van der Waals surface area (Å²) < 4.78 is 40.9. The van der Waals surface area contributed by atoms with E-state index in [-0.39, 0.29) is 17.8 Å². The second-order valence-electron chi connectivity index (χ2n) is 5.89. The van der Waals surface area contributed by atoms with E-state index in [2.05, 4.69) is 10.1 Å². The second-order valence-corrected chi connectivity index (χ2v) is 5.89. The van der Waals surface area contributed by atoms with E-state index in [4.69, 9.17) is 0 Å². The number of nitrogens with one attached hydrogen (secondary N) is 1. The van der Waals surface area contributed by atoms with Crippen molar-refractivity contribution < 1.29 is 27.8 Å². The number of piperidine rings is 1. The molecular formula is C16H21F3N2O3. The van der Waals surface area contributed by atoms with Crippen LogP contribution in [0.3, 0.4) is 0 Å². The van der Waals surface area contributed by atoms with Gasteiger partial charge in [-0.1, -0.05) is 12.1 Å². The highest BCUT2D eigenvalue weighted by molar-refractivity contribution is 5.74. The monoisotopic (exact) mass is 346 g/mol. The van der Waals surface area contributed by atoms with Gasteiger partial charge in [0.1, 0.15) is 5.75 Å². The Hall–Kier alpha value is -1.96. The second kappa shape index (κ2) is 7.74. The summed E-state index contributed by atoms with van der Waals surface area (Å²) in [7, 11) is 0. The van der Waals surface area contributed by atoms with Gasteiger partial charge in [0.2, 0.25) is 0 Å². The van der Waals surface area contributed by atoms with E-state index >= 15 is 0 Å². The third kappa shape index (κ3) is 5.59. The van der Waals surface area contributed by atoms with Crippen LogP contribution in [-0.2, 0) is 0 Å². The molecule has 5 nitrogen and oxygen atoms in total. The lowest BCUT2D eigenvalue weighted by molar-refractivity contribution is -0.153. The molecule has 1 fully saturated rings. The Labute approximate surface area is 138 Å². The summed E-state index contributed by atoms with van der Waals surface area (Å²) in [5.74, 6) is 0.119. The number of ether oxygens (including phenoxy) is 1. The highest BCUT2D eigenvalue weighted by Crippen LogP contribution is 2.21. The summed E-state index contributed by atoms with van der Waals surface area (Å²) in [5.41, 5.74) is 0.750. The molecule has 0 aliphatic carbocycles. The van der Waals surface area contributed by atoms with Gasteiger partial charge in [-0.25, -0.2) is 4.79 Å². The van der Waals surface area contributed by atoms with E-state index in [1.165, 1.54) is 12.1 Å². The smallest absolute Gasteiger partial charge is 0.422 e. The first-order valence-corrected chi connectivity index (χ1v) is 7.77. The third-order valence-electron chi connectivity index (χ3n) is 3.81. The molecule has 2 N–H and O–H groups in total. The van der Waals surface area contributed by atoms with Gasteiger partial charge in [0, 0.05) is 13.1 Å². The van der Waals surface area contributed by atoms with Crippen molar-refractivity contribution in [3.05, 3.63) is 29.8 Å². The lowest BCUT2D eigenvalue weighted by Crippen LogP contribution is -2.47. The minimum Gasteiger partial charge on any atom is -0.484 e. The molecule has 1 aromatic rings. The van der Waals surface area contributed by atoms with Crippen molar-refractivity contribution in [2.75, 3.05) is 19.7 Å². The van der Waals surface area contributed by atoms with Gasteiger partial charge in [-0.3, -0.25) is 0 Å². The fraction of sp³-hybridized carbons (Fsp3) is 0.562. The Balaban J connectivity index is 1.87. The van der Waals surface area contributed by atoms with Crippen molar-refractivity contribution in [3.8, 4) is 5.75 Å². The summed E-state index contributed by atoms with van der Waals surface area (Å²) in [6, 6.07) is 5.53. The molecule has 1 aromatic carbocycles. The Morgan fingerprint density at radius 2 is 2.08 bits per heavy atom. The number of hydrogen-bond donors (Lipinski definition) is 2. The molecule has 1 heterocycles. The molecule has 1 saturated heterocycles. The number of carbonyl (C=O) groups is 1. The highest BCUT2D eigenvalue weighted by atomic mass is 19.4. The van der Waals surface area contributed by atoms with Crippen LogP contribution in [-0.4, -0.2) is 48.0 Å². The van der Waals surface area contributed by atoms with Crippen LogP contribution in [0.4, 0.5) is 18.0 Å². The van der Waals surface area contributed by atoms with Crippen LogP contribution < -0.4 is 10.1 Å². The molecule has 1 aliphatic rings. The SMILES string of the molecule is CC(NC(=O)N1CCCC(O)C1)c1ccc(OCC(F)(F)F)cc1. The number of halogens is 3. The van der Waals surface area contributed by atoms with Gasteiger partial charge < -0.3 is 20.1 Å². The fourth-order valence-electron chi connectivity index (χ4n) is 2.52. The van der Waals surface area contributed by atoms with Crippen LogP contribution in [0.25, 0.3) is 0 Å². The summed E-state index contributed by atoms with van der Waals surface area (Å²) >= 11 is 0. The number of urea groups is 1. The van der Waals surface area contributed by atoms with Crippen molar-refractivity contribution >= 4 is 6.03 Å². The summed E-state index contributed by atoms with van der Waals surface area (Å²) in [5, 5.41) is 12.4. The van der Waals surface area contributed by atoms with Gasteiger partial charge in [-0.2, -0.15) is 13.2 Å². The van der Waals surface area contributed by atoms with Crippen molar-refractivity contribution in [3.63, 3.8) is 0 Å². The summed E-state index contributed by atoms with van der Waals surface area (Å²) in [6.07, 6.45) is -3.42. The van der Waals surface area contributed by atoms with E-state index in [9.17, 15) is 23.1 Å². The first kappa shape index (κ1) is 18.4. The third-order valence-corrected chi connectivity index (χ3v) is 3.81. The lowest BCUT2D eigenvalue weighted by atomic mass is 10.1. The number of hydrogen-bond acceptors (Lipinski definition) is 3. The number of aliphatic hydroxyl groups is 1. The minimum absolute atomic E-state index is 0.119. The zero-order chi connectivity index (χ0) is 17.7. The zero-order valence-electron chi connectivity index (χ0n) is 13.3. The van der Waals surface area contributed by atoms with E-state index in [1.807, 2.05) is 0 Å². The molecule has 0 saturated carbocycles. The number of nitrogens with zero attached hydrogens (tertiary/aromatic N) is 1. The van der Waals surface area contributed by atoms with Crippen LogP contribution in [0.1, 0.15) is 31.4 Å². The van der Waals surface area contributed by atoms with E-state index < -0.39 is 18.9 Å². The van der Waals surface area contributed by atoms with E-state index in [0.717, 1.165) is 12.0 Å². The Morgan fingerprint density at radius 1 is 1.42 bits per heavy atom. The molecule has 2 amide bonds. The molecule has 0 bridgehead atoms. The quantitative estimate of drug-likeness (QED) is 0.881. The number of likely N-dealkylation sites (tertiary alicyclic amines) is 1. The zero-order valence-corrected chi connectivity index (χ0v) is 13.3. The van der Waals surface area contributed by atoms with Crippen LogP contribution >= 0.6 is 0 Å². The molecule has 24 heavy (non-hydrogen) atoms. The molecule has 134 valence electrons. The average molecular weight is 346 g/mol. The molecule has 1 aliphatic heterocycles. The summed E-state index contributed by atoms with van der Waals surface area (Å²) in [4.78, 5) is 13.7. The Kier molecular flexibility index (Phi) is 5.93. The normalized spacial score (nSPS) is 19.7. The maximum Gasteiger partial charge on any atom is 0.422 e. The molecule has 2 rings (SSSR count). The number of rotatable bonds is 4. The van der Waals surface area contributed by atoms with Crippen molar-refractivity contribution in [1.82, 2.24) is 10.2 Å². The van der Waals surface area contributed by atoms with Crippen LogP contribution in [0.5, 0.6) is 5.75 Å². The van der Waals surface area contributed by atoms with Gasteiger partial charge in [0.05, 0.1) is 12.1 Å². The Bertz CT molecular complexity index is 548. The molecule has 8 heteroatoms. The number of carbonyl (C=O) groups excluding carboxylic acids is 1. The first-order valence-electron chi connectivity index (χ1n) is 7.77. The lowest BCUT2D eigenvalue weighted by Gasteiger charge is -2.31. The average Bonchev–Trinajstić information content (AvgIpc) is 2.52. The number of aliphatic hydroxyl groups excluding tert-OH is 1. The maximum absolute atomic E-state index is 12.2. The van der Waals surface area contributed by atoms with Crippen molar-refractivity contribution in [2.45, 2.75) is 38.1 Å². The number of benzene rings is 1. The predicted molar refractivity (Wildman–Crippen MR) is 81.8 cm³/mol. The van der Waals surface area contributed by atoms with Crippen LogP contribution in [0.15, 0.2) is 24.3 Å². The number of alkyl halides is 3. The molecule has 0 spiro atoms. The highest BCUT2D eigenvalue weighted by Gasteiger charge is 2.28. The maximum atomic E-state index is 12.2. The number of amides is 2. The van der Waals surface area contributed by atoms with Gasteiger partial charge >= 0.3 is 12.2 Å². The van der Waals surface area contributed by atoms with E-state index in [0.29, 0.717) is 19.5 Å². The minimum atomic E-state index is -4.38. The fourth-order valence-corrected chi connectivity index (χ4v) is 2.52. The van der Waals surface area contributed by atoms with Gasteiger partial charge in [-0.05, 0) is 37.5 Å². The molecule has 0 radical (unpaired) electrons. The van der Waals surface area contributed by atoms with Crippen molar-refractivity contribution in [1.29, 1.82) is 0 Å².